The Kier molecular flexibility index (Phi) is 2.75. The van der Waals surface area contributed by atoms with Gasteiger partial charge in [0.05, 0.1) is 0 Å². The number of nitrogens with two attached hydrogens (primary N) is 1. The smallest absolute Gasteiger partial charge is 0.307 e. The van der Waals surface area contributed by atoms with Gasteiger partial charge in [0, 0.05) is 0 Å². The number of nitrogens with one attached hydrogen (secondary N) is 1. The van der Waals surface area contributed by atoms with E-state index < -0.39 is 17.8 Å². The van der Waals surface area contributed by atoms with Crippen molar-refractivity contribution in [2.24, 2.45) is 5.84 Å². The Balaban J connectivity index is 3.06. The number of hydrazine groups is 1. The molecule has 0 aliphatic rings. The second-order valence-corrected chi connectivity index (χ2v) is 2.52. The van der Waals surface area contributed by atoms with Crippen molar-refractivity contribution in [1.82, 2.24) is 10.2 Å². The Morgan fingerprint density at radius 2 is 1.67 bits per heavy atom. The zero-order valence-electron chi connectivity index (χ0n) is 7.02. The highest BCUT2D eigenvalue weighted by molar-refractivity contribution is 5.31. The Morgan fingerprint density at radius 1 is 1.07 bits per heavy atom. The van der Waals surface area contributed by atoms with Gasteiger partial charge in [0.15, 0.2) is 5.82 Å². The molecule has 0 saturated heterocycles. The van der Waals surface area contributed by atoms with Crippen LogP contribution in [0.3, 0.4) is 0 Å². The highest BCUT2D eigenvalue weighted by atomic mass is 19.4. The van der Waals surface area contributed by atoms with Crippen LogP contribution < -0.4 is 11.3 Å². The second kappa shape index (κ2) is 3.57. The van der Waals surface area contributed by atoms with Crippen LogP contribution in [0.2, 0.25) is 0 Å². The molecule has 4 nitrogen and oxygen atoms in total. The Hall–Kier alpha value is -1.51. The van der Waals surface area contributed by atoms with Crippen LogP contribution >= 0.6 is 0 Å². The molecule has 0 aromatic carbocycles. The molecule has 9 heteroatoms. The molecule has 0 radical (unpaired) electrons. The van der Waals surface area contributed by atoms with Crippen LogP contribution in [-0.2, 0) is 5.92 Å². The van der Waals surface area contributed by atoms with Crippen LogP contribution in [0.1, 0.15) is 5.69 Å². The SMILES string of the molecule is NNc1ccc(C(F)(F)C(F)(F)F)nn1. The number of alkyl halides is 5. The van der Waals surface area contributed by atoms with E-state index in [1.807, 2.05) is 5.43 Å². The molecule has 0 amide bonds. The highest BCUT2D eigenvalue weighted by Gasteiger charge is 2.60. The third-order valence-corrected chi connectivity index (χ3v) is 1.49. The monoisotopic (exact) mass is 228 g/mol. The van der Waals surface area contributed by atoms with Crippen molar-refractivity contribution >= 4 is 5.82 Å². The van der Waals surface area contributed by atoms with Crippen molar-refractivity contribution in [3.8, 4) is 0 Å². The standard InChI is InChI=1S/C6H5F5N4/c7-5(8,6(9,10)11)3-1-2-4(13-12)15-14-3/h1-2H,12H2,(H,13,15). The van der Waals surface area contributed by atoms with Crippen molar-refractivity contribution < 1.29 is 22.0 Å². The van der Waals surface area contributed by atoms with E-state index in [1.165, 1.54) is 0 Å². The van der Waals surface area contributed by atoms with Gasteiger partial charge in [-0.25, -0.2) is 5.84 Å². The molecule has 1 heterocycles. The molecule has 1 aromatic heterocycles. The van der Waals surface area contributed by atoms with Gasteiger partial charge in [0.2, 0.25) is 0 Å². The molecule has 0 fully saturated rings. The Morgan fingerprint density at radius 3 is 2.00 bits per heavy atom. The van der Waals surface area contributed by atoms with E-state index in [0.29, 0.717) is 6.07 Å². The highest BCUT2D eigenvalue weighted by Crippen LogP contribution is 2.42. The quantitative estimate of drug-likeness (QED) is 0.456. The molecule has 0 aliphatic heterocycles. The van der Waals surface area contributed by atoms with E-state index >= 15 is 0 Å². The number of nitrogen functional groups attached to an aromatic ring is 1. The first-order valence-corrected chi connectivity index (χ1v) is 3.54. The summed E-state index contributed by atoms with van der Waals surface area (Å²) < 4.78 is 60.8. The van der Waals surface area contributed by atoms with Crippen LogP contribution in [0, 0.1) is 0 Å². The number of aromatic nitrogens is 2. The Bertz CT molecular complexity index is 332. The van der Waals surface area contributed by atoms with E-state index in [-0.39, 0.29) is 5.82 Å². The maximum absolute atomic E-state index is 12.6. The zero-order valence-corrected chi connectivity index (χ0v) is 7.02. The minimum Gasteiger partial charge on any atom is -0.307 e. The predicted octanol–water partition coefficient (Wildman–Crippen LogP) is 1.42. The lowest BCUT2D eigenvalue weighted by atomic mass is 10.2. The van der Waals surface area contributed by atoms with Gasteiger partial charge in [-0.3, -0.25) is 0 Å². The third kappa shape index (κ3) is 2.12. The molecular weight excluding hydrogens is 223 g/mol. The summed E-state index contributed by atoms with van der Waals surface area (Å²) in [5.41, 5.74) is 0.467. The largest absolute Gasteiger partial charge is 0.459 e. The summed E-state index contributed by atoms with van der Waals surface area (Å²) in [6.45, 7) is 0. The molecule has 15 heavy (non-hydrogen) atoms. The van der Waals surface area contributed by atoms with Gasteiger partial charge in [-0.2, -0.15) is 22.0 Å². The molecule has 3 N–H and O–H groups in total. The van der Waals surface area contributed by atoms with Crippen molar-refractivity contribution in [2.75, 3.05) is 5.43 Å². The third-order valence-electron chi connectivity index (χ3n) is 1.49. The maximum Gasteiger partial charge on any atom is 0.459 e. The number of halogens is 5. The number of anilines is 1. The lowest BCUT2D eigenvalue weighted by molar-refractivity contribution is -0.291. The first kappa shape index (κ1) is 11.6. The van der Waals surface area contributed by atoms with Crippen molar-refractivity contribution in [3.05, 3.63) is 17.8 Å². The summed E-state index contributed by atoms with van der Waals surface area (Å²) in [4.78, 5) is 0. The fraction of sp³-hybridized carbons (Fsp3) is 0.333. The van der Waals surface area contributed by atoms with Crippen molar-refractivity contribution in [2.45, 2.75) is 12.1 Å². The molecule has 0 saturated carbocycles. The van der Waals surface area contributed by atoms with E-state index in [2.05, 4.69) is 10.2 Å². The van der Waals surface area contributed by atoms with Crippen LogP contribution in [-0.4, -0.2) is 16.4 Å². The minimum absolute atomic E-state index is 0.114. The van der Waals surface area contributed by atoms with Crippen LogP contribution in [0.25, 0.3) is 0 Å². The average Bonchev–Trinajstić information content (AvgIpc) is 2.16. The molecule has 0 unspecified atom stereocenters. The number of hydrogen-bond donors (Lipinski definition) is 2. The van der Waals surface area contributed by atoms with Gasteiger partial charge < -0.3 is 5.43 Å². The molecule has 0 bridgehead atoms. The van der Waals surface area contributed by atoms with E-state index in [4.69, 9.17) is 5.84 Å². The summed E-state index contributed by atoms with van der Waals surface area (Å²) in [5, 5.41) is 5.74. The van der Waals surface area contributed by atoms with Gasteiger partial charge in [0.25, 0.3) is 0 Å². The Labute approximate surface area is 80.3 Å². The summed E-state index contributed by atoms with van der Waals surface area (Å²) in [5.74, 6) is -0.302. The van der Waals surface area contributed by atoms with Crippen molar-refractivity contribution in [3.63, 3.8) is 0 Å². The number of rotatable bonds is 2. The molecule has 0 spiro atoms. The molecule has 1 aromatic rings. The van der Waals surface area contributed by atoms with E-state index in [1.54, 1.807) is 0 Å². The molecule has 0 atom stereocenters. The molecule has 84 valence electrons. The zero-order chi connectivity index (χ0) is 11.7. The van der Waals surface area contributed by atoms with Crippen molar-refractivity contribution in [1.29, 1.82) is 0 Å². The number of hydrogen-bond acceptors (Lipinski definition) is 4. The van der Waals surface area contributed by atoms with Gasteiger partial charge in [-0.1, -0.05) is 0 Å². The van der Waals surface area contributed by atoms with Gasteiger partial charge in [-0.05, 0) is 12.1 Å². The topological polar surface area (TPSA) is 63.8 Å². The number of nitrogens with zero attached hydrogens (tertiary/aromatic N) is 2. The van der Waals surface area contributed by atoms with E-state index in [9.17, 15) is 22.0 Å². The minimum atomic E-state index is -5.70. The molecule has 0 aliphatic carbocycles. The summed E-state index contributed by atoms with van der Waals surface area (Å²) in [6.07, 6.45) is -5.70. The normalized spacial score (nSPS) is 12.7. The maximum atomic E-state index is 12.6. The fourth-order valence-corrected chi connectivity index (χ4v) is 0.722. The molecular formula is C6H5F5N4. The first-order valence-electron chi connectivity index (χ1n) is 3.54. The van der Waals surface area contributed by atoms with Gasteiger partial charge in [0.1, 0.15) is 5.69 Å². The first-order chi connectivity index (χ1) is 6.79. The average molecular weight is 228 g/mol. The van der Waals surface area contributed by atoms with Crippen LogP contribution in [0.15, 0.2) is 12.1 Å². The van der Waals surface area contributed by atoms with Crippen LogP contribution in [0.4, 0.5) is 27.8 Å². The second-order valence-electron chi connectivity index (χ2n) is 2.52. The lowest BCUT2D eigenvalue weighted by Gasteiger charge is -2.18. The fourth-order valence-electron chi connectivity index (χ4n) is 0.722. The summed E-state index contributed by atoms with van der Waals surface area (Å²) >= 11 is 0. The van der Waals surface area contributed by atoms with Crippen LogP contribution in [0.5, 0.6) is 0 Å². The lowest BCUT2D eigenvalue weighted by Crippen LogP contribution is -2.34. The predicted molar refractivity (Wildman–Crippen MR) is 39.8 cm³/mol. The summed E-state index contributed by atoms with van der Waals surface area (Å²) in [6, 6.07) is 1.36. The van der Waals surface area contributed by atoms with Gasteiger partial charge >= 0.3 is 12.1 Å². The summed E-state index contributed by atoms with van der Waals surface area (Å²) in [7, 11) is 0. The van der Waals surface area contributed by atoms with Gasteiger partial charge in [-0.15, -0.1) is 10.2 Å². The van der Waals surface area contributed by atoms with E-state index in [0.717, 1.165) is 6.07 Å². The molecule has 1 rings (SSSR count).